The van der Waals surface area contributed by atoms with Crippen LogP contribution < -0.4 is 15.6 Å². The van der Waals surface area contributed by atoms with Crippen LogP contribution in [0.25, 0.3) is 22.0 Å². The molecule has 0 saturated carbocycles. The van der Waals surface area contributed by atoms with Crippen LogP contribution in [-0.2, 0) is 12.6 Å². The number of aryl methyl sites for hydroxylation is 2. The van der Waals surface area contributed by atoms with E-state index in [2.05, 4.69) is 10.3 Å². The molecule has 0 radical (unpaired) electrons. The third-order valence-electron chi connectivity index (χ3n) is 5.93. The third-order valence-corrected chi connectivity index (χ3v) is 6.21. The number of aliphatic hydroxyl groups is 1. The Balaban J connectivity index is 2.00. The summed E-state index contributed by atoms with van der Waals surface area (Å²) in [5, 5.41) is 14.0. The molecule has 0 atom stereocenters. The Hall–Kier alpha value is -3.62. The fourth-order valence-electron chi connectivity index (χ4n) is 4.06. The molecule has 2 heterocycles. The maximum atomic E-state index is 13.8. The van der Waals surface area contributed by atoms with Gasteiger partial charge in [-0.05, 0) is 69.2 Å². The molecule has 0 unspecified atom stereocenters. The second kappa shape index (κ2) is 9.44. The SMILES string of the molecule is CCNC(=O)c1cc2c(-c3cc(C(C)(C)O)ccc3Oc3c(C)cc(F)cc3Cl)cn(C)c(=O)c2[nH]1. The minimum Gasteiger partial charge on any atom is -0.455 e. The van der Waals surface area contributed by atoms with E-state index in [1.807, 2.05) is 0 Å². The third kappa shape index (κ3) is 4.74. The molecule has 0 fully saturated rings. The molecule has 0 bridgehead atoms. The largest absolute Gasteiger partial charge is 0.455 e. The fraction of sp³-hybridized carbons (Fsp3) is 0.259. The lowest BCUT2D eigenvalue weighted by atomic mass is 9.93. The van der Waals surface area contributed by atoms with Crippen molar-refractivity contribution >= 4 is 28.4 Å². The standard InChI is InChI=1S/C27H27ClFN3O4/c1-6-30-25(33)21-12-18-19(13-32(5)26(34)23(18)31-21)17-10-15(27(3,4)35)7-8-22(17)36-24-14(2)9-16(29)11-20(24)28/h7-13,31,35H,6H2,1-5H3,(H,30,33). The number of carbonyl (C=O) groups is 1. The zero-order valence-corrected chi connectivity index (χ0v) is 21.4. The molecule has 4 rings (SSSR count). The zero-order valence-electron chi connectivity index (χ0n) is 20.6. The predicted octanol–water partition coefficient (Wildman–Crippen LogP) is 5.40. The van der Waals surface area contributed by atoms with Crippen molar-refractivity contribution in [1.29, 1.82) is 0 Å². The van der Waals surface area contributed by atoms with E-state index in [4.69, 9.17) is 16.3 Å². The Morgan fingerprint density at radius 1 is 1.22 bits per heavy atom. The molecule has 36 heavy (non-hydrogen) atoms. The Labute approximate surface area is 212 Å². The maximum absolute atomic E-state index is 13.8. The molecule has 0 aliphatic carbocycles. The van der Waals surface area contributed by atoms with Crippen LogP contribution in [0.3, 0.4) is 0 Å². The Bertz CT molecular complexity index is 1530. The van der Waals surface area contributed by atoms with Gasteiger partial charge in [0, 0.05) is 36.3 Å². The molecule has 7 nitrogen and oxygen atoms in total. The highest BCUT2D eigenvalue weighted by molar-refractivity contribution is 6.32. The first-order valence-corrected chi connectivity index (χ1v) is 11.8. The summed E-state index contributed by atoms with van der Waals surface area (Å²) in [6.07, 6.45) is 1.65. The highest BCUT2D eigenvalue weighted by atomic mass is 35.5. The van der Waals surface area contributed by atoms with Crippen LogP contribution in [0, 0.1) is 12.7 Å². The van der Waals surface area contributed by atoms with Gasteiger partial charge in [0.25, 0.3) is 11.5 Å². The number of nitrogens with one attached hydrogen (secondary N) is 2. The Kier molecular flexibility index (Phi) is 6.68. The molecule has 3 N–H and O–H groups in total. The molecule has 0 aliphatic heterocycles. The summed E-state index contributed by atoms with van der Waals surface area (Å²) in [6, 6.07) is 9.29. The molecular weight excluding hydrogens is 485 g/mol. The topological polar surface area (TPSA) is 96.3 Å². The first-order valence-electron chi connectivity index (χ1n) is 11.4. The van der Waals surface area contributed by atoms with E-state index >= 15 is 0 Å². The van der Waals surface area contributed by atoms with Gasteiger partial charge in [0.1, 0.15) is 28.5 Å². The highest BCUT2D eigenvalue weighted by Gasteiger charge is 2.23. The van der Waals surface area contributed by atoms with E-state index in [1.165, 1.54) is 16.7 Å². The lowest BCUT2D eigenvalue weighted by Crippen LogP contribution is -2.23. The average molecular weight is 512 g/mol. The van der Waals surface area contributed by atoms with Gasteiger partial charge in [-0.25, -0.2) is 4.39 Å². The van der Waals surface area contributed by atoms with Crippen molar-refractivity contribution in [3.05, 3.63) is 80.6 Å². The highest BCUT2D eigenvalue weighted by Crippen LogP contribution is 2.41. The quantitative estimate of drug-likeness (QED) is 0.323. The molecule has 1 amide bonds. The van der Waals surface area contributed by atoms with Gasteiger partial charge in [-0.2, -0.15) is 0 Å². The number of aromatic amines is 1. The number of hydrogen-bond donors (Lipinski definition) is 3. The number of aromatic nitrogens is 2. The van der Waals surface area contributed by atoms with Crippen LogP contribution >= 0.6 is 11.6 Å². The summed E-state index contributed by atoms with van der Waals surface area (Å²) in [4.78, 5) is 28.3. The van der Waals surface area contributed by atoms with Gasteiger partial charge in [-0.3, -0.25) is 9.59 Å². The van der Waals surface area contributed by atoms with Crippen molar-refractivity contribution in [2.24, 2.45) is 7.05 Å². The number of rotatable bonds is 6. The summed E-state index contributed by atoms with van der Waals surface area (Å²) in [6.45, 7) is 7.24. The van der Waals surface area contributed by atoms with E-state index in [0.717, 1.165) is 0 Å². The first-order chi connectivity index (χ1) is 16.9. The number of amides is 1. The molecule has 2 aromatic heterocycles. The number of carbonyl (C=O) groups excluding carboxylic acids is 1. The molecule has 0 spiro atoms. The smallest absolute Gasteiger partial charge is 0.274 e. The first kappa shape index (κ1) is 25.5. The lowest BCUT2D eigenvalue weighted by Gasteiger charge is -2.21. The van der Waals surface area contributed by atoms with E-state index in [9.17, 15) is 19.1 Å². The minimum absolute atomic E-state index is 0.107. The number of benzene rings is 2. The predicted molar refractivity (Wildman–Crippen MR) is 138 cm³/mol. The molecule has 0 aliphatic rings. The van der Waals surface area contributed by atoms with Crippen molar-refractivity contribution in [3.8, 4) is 22.6 Å². The number of fused-ring (bicyclic) bond motifs is 1. The van der Waals surface area contributed by atoms with E-state index < -0.39 is 11.4 Å². The molecule has 0 saturated heterocycles. The molecule has 4 aromatic rings. The average Bonchev–Trinajstić information content (AvgIpc) is 3.24. The van der Waals surface area contributed by atoms with Gasteiger partial charge in [0.2, 0.25) is 0 Å². The van der Waals surface area contributed by atoms with Crippen LogP contribution in [0.5, 0.6) is 11.5 Å². The minimum atomic E-state index is -1.17. The second-order valence-corrected chi connectivity index (χ2v) is 9.60. The van der Waals surface area contributed by atoms with Crippen LogP contribution in [0.1, 0.15) is 42.4 Å². The molecule has 9 heteroatoms. The van der Waals surface area contributed by atoms with Crippen molar-refractivity contribution in [3.63, 3.8) is 0 Å². The van der Waals surface area contributed by atoms with Crippen molar-refractivity contribution in [1.82, 2.24) is 14.9 Å². The van der Waals surface area contributed by atoms with Crippen LogP contribution in [0.4, 0.5) is 4.39 Å². The number of H-pyrrole nitrogens is 1. The number of ether oxygens (including phenoxy) is 1. The number of pyridine rings is 1. The lowest BCUT2D eigenvalue weighted by molar-refractivity contribution is 0.0786. The summed E-state index contributed by atoms with van der Waals surface area (Å²) >= 11 is 6.30. The van der Waals surface area contributed by atoms with Gasteiger partial charge < -0.3 is 24.7 Å². The van der Waals surface area contributed by atoms with Crippen LogP contribution in [-0.4, -0.2) is 27.1 Å². The molecule has 188 valence electrons. The Morgan fingerprint density at radius 3 is 2.58 bits per heavy atom. The summed E-state index contributed by atoms with van der Waals surface area (Å²) in [7, 11) is 1.61. The van der Waals surface area contributed by atoms with Gasteiger partial charge in [0.05, 0.1) is 10.6 Å². The molecule has 2 aromatic carbocycles. The van der Waals surface area contributed by atoms with E-state index in [-0.39, 0.29) is 33.4 Å². The number of halogens is 2. The van der Waals surface area contributed by atoms with Crippen molar-refractivity contribution in [2.45, 2.75) is 33.3 Å². The van der Waals surface area contributed by atoms with E-state index in [1.54, 1.807) is 65.2 Å². The van der Waals surface area contributed by atoms with E-state index in [0.29, 0.717) is 39.9 Å². The number of hydrogen-bond acceptors (Lipinski definition) is 4. The monoisotopic (exact) mass is 511 g/mol. The Morgan fingerprint density at radius 2 is 1.94 bits per heavy atom. The van der Waals surface area contributed by atoms with Crippen LogP contribution in [0.2, 0.25) is 5.02 Å². The normalized spacial score (nSPS) is 11.7. The maximum Gasteiger partial charge on any atom is 0.274 e. The van der Waals surface area contributed by atoms with Gasteiger partial charge >= 0.3 is 0 Å². The van der Waals surface area contributed by atoms with Crippen molar-refractivity contribution in [2.75, 3.05) is 6.54 Å². The zero-order chi connectivity index (χ0) is 26.4. The van der Waals surface area contributed by atoms with Gasteiger partial charge in [0.15, 0.2) is 0 Å². The summed E-state index contributed by atoms with van der Waals surface area (Å²) < 4.78 is 21.4. The molecular formula is C27H27ClFN3O4. The summed E-state index contributed by atoms with van der Waals surface area (Å²) in [5.41, 5.74) is 1.29. The van der Waals surface area contributed by atoms with Gasteiger partial charge in [-0.15, -0.1) is 0 Å². The second-order valence-electron chi connectivity index (χ2n) is 9.20. The van der Waals surface area contributed by atoms with Crippen molar-refractivity contribution < 1.29 is 19.0 Å². The summed E-state index contributed by atoms with van der Waals surface area (Å²) in [5.74, 6) is -0.154. The fourth-order valence-corrected chi connectivity index (χ4v) is 4.36. The van der Waals surface area contributed by atoms with Gasteiger partial charge in [-0.1, -0.05) is 17.7 Å². The number of nitrogens with zero attached hydrogens (tertiary/aromatic N) is 1. The van der Waals surface area contributed by atoms with Crippen LogP contribution in [0.15, 0.2) is 47.4 Å².